The van der Waals surface area contributed by atoms with E-state index in [1.807, 2.05) is 6.07 Å². The van der Waals surface area contributed by atoms with Gasteiger partial charge in [-0.05, 0) is 117 Å². The maximum atomic E-state index is 6.67. The molecule has 3 atom stereocenters. The first-order valence-corrected chi connectivity index (χ1v) is 20.7. The third kappa shape index (κ3) is 7.30. The van der Waals surface area contributed by atoms with Gasteiger partial charge in [-0.1, -0.05) is 153 Å². The van der Waals surface area contributed by atoms with Crippen molar-refractivity contribution in [3.8, 4) is 44.5 Å². The second-order valence-corrected chi connectivity index (χ2v) is 15.5. The molecular weight excluding hydrogens is 733 g/mol. The first-order valence-electron chi connectivity index (χ1n) is 20.7. The summed E-state index contributed by atoms with van der Waals surface area (Å²) in [7, 11) is 0. The number of nitrogens with zero attached hydrogens (tertiary/aromatic N) is 2. The van der Waals surface area contributed by atoms with Crippen LogP contribution in [0.15, 0.2) is 205 Å². The molecule has 6 heteroatoms. The van der Waals surface area contributed by atoms with Crippen LogP contribution in [-0.4, -0.2) is 12.0 Å². The zero-order chi connectivity index (χ0) is 40.4. The first kappa shape index (κ1) is 36.9. The van der Waals surface area contributed by atoms with Gasteiger partial charge in [0.1, 0.15) is 24.3 Å². The van der Waals surface area contributed by atoms with Gasteiger partial charge in [0.2, 0.25) is 0 Å². The van der Waals surface area contributed by atoms with Crippen molar-refractivity contribution < 1.29 is 0 Å². The predicted molar refractivity (Wildman–Crippen MR) is 250 cm³/mol. The van der Waals surface area contributed by atoms with Crippen LogP contribution < -0.4 is 26.6 Å². The predicted octanol–water partition coefficient (Wildman–Crippen LogP) is 12.6. The lowest BCUT2D eigenvalue weighted by molar-refractivity contribution is 0.409. The van der Waals surface area contributed by atoms with Crippen LogP contribution in [0.4, 0.5) is 22.7 Å². The fraction of sp³-hybridized carbons (Fsp3) is 0.0926. The van der Waals surface area contributed by atoms with Gasteiger partial charge >= 0.3 is 0 Å². The molecule has 0 spiro atoms. The highest BCUT2D eigenvalue weighted by Crippen LogP contribution is 2.42. The molecule has 0 aromatic heterocycles. The Balaban J connectivity index is 0.958. The molecule has 0 amide bonds. The van der Waals surface area contributed by atoms with Gasteiger partial charge in [-0.2, -0.15) is 0 Å². The molecule has 2 aliphatic heterocycles. The Kier molecular flexibility index (Phi) is 9.89. The van der Waals surface area contributed by atoms with E-state index in [0.29, 0.717) is 0 Å². The largest absolute Gasteiger partial charge is 0.399 e. The first-order chi connectivity index (χ1) is 29.6. The molecule has 292 valence electrons. The Morgan fingerprint density at radius 1 is 0.500 bits per heavy atom. The average Bonchev–Trinajstić information content (AvgIpc) is 3.71. The molecule has 2 aliphatic rings. The van der Waals surface area contributed by atoms with Gasteiger partial charge in [0.05, 0.1) is 11.4 Å². The molecule has 8 aromatic carbocycles. The highest BCUT2D eigenvalue weighted by atomic mass is 15.3. The summed E-state index contributed by atoms with van der Waals surface area (Å²) in [6.45, 7) is 2.22. The molecule has 0 aliphatic carbocycles. The summed E-state index contributed by atoms with van der Waals surface area (Å²) >= 11 is 0. The number of fused-ring (bicyclic) bond motifs is 1. The van der Waals surface area contributed by atoms with Crippen molar-refractivity contribution in [3.63, 3.8) is 0 Å². The number of hydrogen-bond acceptors (Lipinski definition) is 6. The van der Waals surface area contributed by atoms with Crippen LogP contribution in [0, 0.1) is 0 Å². The van der Waals surface area contributed by atoms with Gasteiger partial charge in [-0.3, -0.25) is 5.32 Å². The molecule has 2 heterocycles. The SMILES string of the molecule is CCC1Nc2ccccc2N1c1ccc(-c2cccc(-c3cc(N)cc(-c4cccc(C5N=C(c6ccccc6-c6ccccc6)NC(c6ccccc6)N5)c4)c3)c2)cc1. The highest BCUT2D eigenvalue weighted by molar-refractivity contribution is 6.05. The monoisotopic (exact) mass is 778 g/mol. The number of amidine groups is 1. The second kappa shape index (κ2) is 16.1. The van der Waals surface area contributed by atoms with Crippen LogP contribution >= 0.6 is 0 Å². The van der Waals surface area contributed by atoms with Crippen molar-refractivity contribution in [2.45, 2.75) is 31.8 Å². The molecule has 0 saturated heterocycles. The fourth-order valence-corrected chi connectivity index (χ4v) is 8.63. The summed E-state index contributed by atoms with van der Waals surface area (Å²) in [4.78, 5) is 7.75. The van der Waals surface area contributed by atoms with E-state index in [4.69, 9.17) is 10.7 Å². The molecule has 10 rings (SSSR count). The highest BCUT2D eigenvalue weighted by Gasteiger charge is 2.29. The minimum absolute atomic E-state index is 0.152. The van der Waals surface area contributed by atoms with Crippen molar-refractivity contribution in [2.75, 3.05) is 16.0 Å². The Labute approximate surface area is 352 Å². The Bertz CT molecular complexity index is 2820. The summed E-state index contributed by atoms with van der Waals surface area (Å²) in [5.74, 6) is 0.849. The minimum atomic E-state index is -0.303. The molecule has 6 nitrogen and oxygen atoms in total. The Morgan fingerprint density at radius 2 is 1.08 bits per heavy atom. The molecule has 0 fully saturated rings. The van der Waals surface area contributed by atoms with E-state index in [0.717, 1.165) is 73.6 Å². The third-order valence-corrected chi connectivity index (χ3v) is 11.6. The number of nitrogen functional groups attached to an aromatic ring is 1. The van der Waals surface area contributed by atoms with Gasteiger partial charge in [0.25, 0.3) is 0 Å². The number of benzene rings is 8. The van der Waals surface area contributed by atoms with E-state index in [1.54, 1.807) is 0 Å². The van der Waals surface area contributed by atoms with Crippen molar-refractivity contribution in [2.24, 2.45) is 4.99 Å². The van der Waals surface area contributed by atoms with E-state index < -0.39 is 0 Å². The Hall–Kier alpha value is -7.41. The molecule has 0 radical (unpaired) electrons. The van der Waals surface area contributed by atoms with E-state index in [2.05, 4.69) is 222 Å². The van der Waals surface area contributed by atoms with Crippen molar-refractivity contribution >= 4 is 28.6 Å². The van der Waals surface area contributed by atoms with Crippen LogP contribution in [0.3, 0.4) is 0 Å². The molecule has 0 bridgehead atoms. The van der Waals surface area contributed by atoms with Gasteiger partial charge in [0, 0.05) is 16.9 Å². The topological polar surface area (TPSA) is 77.7 Å². The standard InChI is InChI=1S/C54H46N6/c1-2-51-56-49-25-11-12-26-50(49)60(51)46-29-27-36(28-30-46)39-19-13-20-40(31-39)43-33-44(35-45(55)34-43)41-21-14-22-42(32-41)53-57-52(38-17-7-4-8-18-38)58-54(59-53)48-24-10-9-23-47(48)37-15-5-3-6-16-37/h3-35,51-53,56-57H,2,55H2,1H3,(H,58,59). The molecule has 3 unspecified atom stereocenters. The lowest BCUT2D eigenvalue weighted by Gasteiger charge is -2.33. The Morgan fingerprint density at radius 3 is 1.83 bits per heavy atom. The van der Waals surface area contributed by atoms with Crippen molar-refractivity contribution in [1.29, 1.82) is 0 Å². The number of hydrogen-bond donors (Lipinski definition) is 4. The van der Waals surface area contributed by atoms with Crippen LogP contribution in [0.5, 0.6) is 0 Å². The minimum Gasteiger partial charge on any atom is -0.399 e. The lowest BCUT2D eigenvalue weighted by atomic mass is 9.94. The fourth-order valence-electron chi connectivity index (χ4n) is 8.63. The van der Waals surface area contributed by atoms with E-state index >= 15 is 0 Å². The molecule has 5 N–H and O–H groups in total. The second-order valence-electron chi connectivity index (χ2n) is 15.5. The lowest BCUT2D eigenvalue weighted by Crippen LogP contribution is -2.45. The van der Waals surface area contributed by atoms with Crippen LogP contribution in [0.1, 0.15) is 42.4 Å². The van der Waals surface area contributed by atoms with Crippen LogP contribution in [0.25, 0.3) is 44.5 Å². The van der Waals surface area contributed by atoms with Gasteiger partial charge in [-0.25, -0.2) is 4.99 Å². The summed E-state index contributed by atoms with van der Waals surface area (Å²) in [5, 5.41) is 11.2. The quantitative estimate of drug-likeness (QED) is 0.110. The molecule has 60 heavy (non-hydrogen) atoms. The number of nitrogens with one attached hydrogen (secondary N) is 3. The van der Waals surface area contributed by atoms with Gasteiger partial charge in [-0.15, -0.1) is 0 Å². The maximum Gasteiger partial charge on any atom is 0.132 e. The number of para-hydroxylation sites is 2. The zero-order valence-corrected chi connectivity index (χ0v) is 33.5. The van der Waals surface area contributed by atoms with Crippen molar-refractivity contribution in [3.05, 3.63) is 217 Å². The smallest absolute Gasteiger partial charge is 0.132 e. The van der Waals surface area contributed by atoms with Gasteiger partial charge in [0.15, 0.2) is 0 Å². The number of aliphatic imine (C=N–C) groups is 1. The molecule has 0 saturated carbocycles. The van der Waals surface area contributed by atoms with E-state index in [1.165, 1.54) is 22.6 Å². The number of nitrogens with two attached hydrogens (primary N) is 1. The molecular formula is C54H46N6. The average molecular weight is 779 g/mol. The van der Waals surface area contributed by atoms with E-state index in [9.17, 15) is 0 Å². The summed E-state index contributed by atoms with van der Waals surface area (Å²) in [5.41, 5.74) is 23.2. The maximum absolute atomic E-state index is 6.67. The van der Waals surface area contributed by atoms with Crippen LogP contribution in [-0.2, 0) is 0 Å². The number of rotatable bonds is 9. The van der Waals surface area contributed by atoms with Crippen molar-refractivity contribution in [1.82, 2.24) is 10.6 Å². The normalized spacial score (nSPS) is 17.0. The zero-order valence-electron chi connectivity index (χ0n) is 33.5. The van der Waals surface area contributed by atoms with Crippen LogP contribution in [0.2, 0.25) is 0 Å². The summed E-state index contributed by atoms with van der Waals surface area (Å²) < 4.78 is 0. The number of anilines is 4. The van der Waals surface area contributed by atoms with E-state index in [-0.39, 0.29) is 18.5 Å². The third-order valence-electron chi connectivity index (χ3n) is 11.6. The molecule has 8 aromatic rings. The summed E-state index contributed by atoms with van der Waals surface area (Å²) in [6, 6.07) is 70.7. The summed E-state index contributed by atoms with van der Waals surface area (Å²) in [6.07, 6.45) is 0.766. The van der Waals surface area contributed by atoms with Gasteiger partial charge < -0.3 is 21.3 Å².